The molecule has 1 aromatic carbocycles. The fraction of sp³-hybridized carbons (Fsp3) is 0.357. The summed E-state index contributed by atoms with van der Waals surface area (Å²) in [6, 6.07) is 5.06. The van der Waals surface area contributed by atoms with Crippen LogP contribution < -0.4 is 0 Å². The van der Waals surface area contributed by atoms with Crippen LogP contribution in [0.5, 0.6) is 5.75 Å². The van der Waals surface area contributed by atoms with Gasteiger partial charge in [0.1, 0.15) is 5.75 Å². The summed E-state index contributed by atoms with van der Waals surface area (Å²) in [6.45, 7) is 3.94. The van der Waals surface area contributed by atoms with E-state index in [2.05, 4.69) is 4.90 Å². The number of hydrogen-bond acceptors (Lipinski definition) is 3. The smallest absolute Gasteiger partial charge is 0.191 e. The van der Waals surface area contributed by atoms with Crippen molar-refractivity contribution in [3.63, 3.8) is 0 Å². The Hall–Kier alpha value is -1.77. The summed E-state index contributed by atoms with van der Waals surface area (Å²) in [5.74, 6) is -0.0928. The van der Waals surface area contributed by atoms with Gasteiger partial charge in [-0.2, -0.15) is 0 Å². The zero-order valence-corrected chi connectivity index (χ0v) is 10.0. The molecule has 2 rings (SSSR count). The van der Waals surface area contributed by atoms with Crippen LogP contribution in [-0.4, -0.2) is 28.9 Å². The van der Waals surface area contributed by atoms with Gasteiger partial charge in [0.05, 0.1) is 5.56 Å². The van der Waals surface area contributed by atoms with Gasteiger partial charge in [0.15, 0.2) is 5.78 Å². The molecule has 0 radical (unpaired) electrons. The number of rotatable bonds is 3. The molecule has 1 saturated heterocycles. The summed E-state index contributed by atoms with van der Waals surface area (Å²) in [4.78, 5) is 14.0. The molecule has 0 spiro atoms. The minimum Gasteiger partial charge on any atom is -0.507 e. The van der Waals surface area contributed by atoms with Crippen LogP contribution in [0, 0.1) is 6.92 Å². The van der Waals surface area contributed by atoms with Gasteiger partial charge in [-0.1, -0.05) is 11.6 Å². The van der Waals surface area contributed by atoms with Gasteiger partial charge in [-0.25, -0.2) is 0 Å². The van der Waals surface area contributed by atoms with Crippen molar-refractivity contribution in [3.8, 4) is 5.75 Å². The van der Waals surface area contributed by atoms with E-state index in [4.69, 9.17) is 0 Å². The molecule has 3 heteroatoms. The number of carbonyl (C=O) groups excluding carboxylic acids is 1. The molecule has 3 nitrogen and oxygen atoms in total. The normalized spacial score (nSPS) is 15.7. The second-order valence-corrected chi connectivity index (χ2v) is 4.44. The van der Waals surface area contributed by atoms with Crippen LogP contribution in [0.15, 0.2) is 30.5 Å². The molecule has 17 heavy (non-hydrogen) atoms. The number of phenols is 1. The zero-order valence-electron chi connectivity index (χ0n) is 10.0. The Balaban J connectivity index is 2.10. The van der Waals surface area contributed by atoms with E-state index >= 15 is 0 Å². The molecular weight excluding hydrogens is 214 g/mol. The number of nitrogens with zero attached hydrogens (tertiary/aromatic N) is 1. The first-order valence-electron chi connectivity index (χ1n) is 5.93. The summed E-state index contributed by atoms with van der Waals surface area (Å²) < 4.78 is 0. The Morgan fingerprint density at radius 1 is 1.35 bits per heavy atom. The number of hydrogen-bond donors (Lipinski definition) is 1. The van der Waals surface area contributed by atoms with Gasteiger partial charge < -0.3 is 10.0 Å². The van der Waals surface area contributed by atoms with E-state index < -0.39 is 0 Å². The second kappa shape index (κ2) is 5.04. The lowest BCUT2D eigenvalue weighted by molar-refractivity contribution is 0.104. The van der Waals surface area contributed by atoms with Crippen molar-refractivity contribution >= 4 is 5.78 Å². The van der Waals surface area contributed by atoms with E-state index in [0.717, 1.165) is 18.7 Å². The molecule has 1 aliphatic rings. The van der Waals surface area contributed by atoms with E-state index in [1.165, 1.54) is 12.8 Å². The Kier molecular flexibility index (Phi) is 3.47. The highest BCUT2D eigenvalue weighted by molar-refractivity contribution is 6.06. The van der Waals surface area contributed by atoms with Gasteiger partial charge in [0.2, 0.25) is 0 Å². The quantitative estimate of drug-likeness (QED) is 0.642. The van der Waals surface area contributed by atoms with Crippen molar-refractivity contribution in [1.29, 1.82) is 0 Å². The van der Waals surface area contributed by atoms with Crippen LogP contribution in [0.4, 0.5) is 0 Å². The van der Waals surface area contributed by atoms with E-state index in [1.54, 1.807) is 24.3 Å². The number of carbonyl (C=O) groups is 1. The largest absolute Gasteiger partial charge is 0.507 e. The molecule has 90 valence electrons. The number of likely N-dealkylation sites (tertiary alicyclic amines) is 1. The average molecular weight is 231 g/mol. The van der Waals surface area contributed by atoms with Gasteiger partial charge in [-0.05, 0) is 31.9 Å². The summed E-state index contributed by atoms with van der Waals surface area (Å²) >= 11 is 0. The Morgan fingerprint density at radius 3 is 2.76 bits per heavy atom. The number of aryl methyl sites for hydroxylation is 1. The van der Waals surface area contributed by atoms with Crippen molar-refractivity contribution in [2.45, 2.75) is 19.8 Å². The van der Waals surface area contributed by atoms with Gasteiger partial charge >= 0.3 is 0 Å². The minimum atomic E-state index is -0.141. The Labute approximate surface area is 101 Å². The minimum absolute atomic E-state index is 0.0478. The molecule has 1 fully saturated rings. The highest BCUT2D eigenvalue weighted by atomic mass is 16.3. The predicted molar refractivity (Wildman–Crippen MR) is 67.1 cm³/mol. The van der Waals surface area contributed by atoms with Gasteiger partial charge in [-0.15, -0.1) is 0 Å². The zero-order chi connectivity index (χ0) is 12.3. The SMILES string of the molecule is Cc1ccc(O)c(C(=O)/C=C/N2CCCC2)c1. The van der Waals surface area contributed by atoms with Gasteiger partial charge in [0.25, 0.3) is 0 Å². The molecule has 1 aliphatic heterocycles. The molecule has 0 amide bonds. The molecular formula is C14H17NO2. The second-order valence-electron chi connectivity index (χ2n) is 4.44. The third-order valence-electron chi connectivity index (χ3n) is 2.99. The fourth-order valence-corrected chi connectivity index (χ4v) is 2.00. The molecule has 1 N–H and O–H groups in total. The number of aromatic hydroxyl groups is 1. The third-order valence-corrected chi connectivity index (χ3v) is 2.99. The summed E-state index contributed by atoms with van der Waals surface area (Å²) in [5, 5.41) is 9.63. The lowest BCUT2D eigenvalue weighted by Crippen LogP contribution is -2.11. The standard InChI is InChI=1S/C14H17NO2/c1-11-4-5-13(16)12(10-11)14(17)6-9-15-7-2-3-8-15/h4-6,9-10,16H,2-3,7-8H2,1H3/b9-6+. The number of ketones is 1. The summed E-state index contributed by atoms with van der Waals surface area (Å²) in [7, 11) is 0. The Morgan fingerprint density at radius 2 is 2.06 bits per heavy atom. The van der Waals surface area contributed by atoms with Crippen LogP contribution in [0.2, 0.25) is 0 Å². The molecule has 0 saturated carbocycles. The molecule has 1 heterocycles. The van der Waals surface area contributed by atoms with Crippen molar-refractivity contribution in [3.05, 3.63) is 41.6 Å². The van der Waals surface area contributed by atoms with E-state index in [1.807, 2.05) is 13.1 Å². The van der Waals surface area contributed by atoms with E-state index in [9.17, 15) is 9.90 Å². The molecule has 0 aromatic heterocycles. The third kappa shape index (κ3) is 2.87. The van der Waals surface area contributed by atoms with E-state index in [0.29, 0.717) is 5.56 Å². The summed E-state index contributed by atoms with van der Waals surface area (Å²) in [5.41, 5.74) is 1.35. The highest BCUT2D eigenvalue weighted by Crippen LogP contribution is 2.19. The van der Waals surface area contributed by atoms with Crippen LogP contribution in [0.3, 0.4) is 0 Å². The molecule has 0 bridgehead atoms. The topological polar surface area (TPSA) is 40.5 Å². The number of allylic oxidation sites excluding steroid dienone is 1. The molecule has 0 atom stereocenters. The first-order valence-corrected chi connectivity index (χ1v) is 5.93. The van der Waals surface area contributed by atoms with Crippen molar-refractivity contribution in [1.82, 2.24) is 4.90 Å². The lowest BCUT2D eigenvalue weighted by atomic mass is 10.1. The lowest BCUT2D eigenvalue weighted by Gasteiger charge is -2.09. The molecule has 0 aliphatic carbocycles. The van der Waals surface area contributed by atoms with Gasteiger partial charge in [0, 0.05) is 25.4 Å². The molecule has 0 unspecified atom stereocenters. The van der Waals surface area contributed by atoms with Crippen molar-refractivity contribution < 1.29 is 9.90 Å². The first-order chi connectivity index (χ1) is 8.16. The number of phenolic OH excluding ortho intramolecular Hbond substituents is 1. The van der Waals surface area contributed by atoms with Crippen molar-refractivity contribution in [2.24, 2.45) is 0 Å². The Bertz CT molecular complexity index is 446. The van der Waals surface area contributed by atoms with Gasteiger partial charge in [-0.3, -0.25) is 4.79 Å². The maximum absolute atomic E-state index is 11.9. The molecule has 1 aromatic rings. The van der Waals surface area contributed by atoms with Crippen LogP contribution in [0.1, 0.15) is 28.8 Å². The maximum Gasteiger partial charge on any atom is 0.191 e. The average Bonchev–Trinajstić information content (AvgIpc) is 2.82. The van der Waals surface area contributed by atoms with Crippen LogP contribution in [-0.2, 0) is 0 Å². The van der Waals surface area contributed by atoms with Crippen molar-refractivity contribution in [2.75, 3.05) is 13.1 Å². The highest BCUT2D eigenvalue weighted by Gasteiger charge is 2.10. The summed E-state index contributed by atoms with van der Waals surface area (Å²) in [6.07, 6.45) is 5.75. The van der Waals surface area contributed by atoms with E-state index in [-0.39, 0.29) is 11.5 Å². The maximum atomic E-state index is 11.9. The van der Waals surface area contributed by atoms with Crippen LogP contribution in [0.25, 0.3) is 0 Å². The monoisotopic (exact) mass is 231 g/mol. The fourth-order valence-electron chi connectivity index (χ4n) is 2.00. The predicted octanol–water partition coefficient (Wildman–Crippen LogP) is 2.49. The number of benzene rings is 1. The first kappa shape index (κ1) is 11.7. The van der Waals surface area contributed by atoms with Crippen LogP contribution >= 0.6 is 0 Å².